The molecular formula is C5H3BrClIN2. The normalized spacial score (nSPS) is 9.90. The Morgan fingerprint density at radius 2 is 2.30 bits per heavy atom. The zero-order chi connectivity index (χ0) is 7.72. The first-order chi connectivity index (χ1) is 4.63. The number of hydrogen-bond acceptors (Lipinski definition) is 2. The van der Waals surface area contributed by atoms with Crippen LogP contribution in [0.1, 0.15) is 0 Å². The van der Waals surface area contributed by atoms with E-state index in [4.69, 9.17) is 17.3 Å². The fourth-order valence-corrected chi connectivity index (χ4v) is 1.50. The van der Waals surface area contributed by atoms with Gasteiger partial charge in [0.15, 0.2) is 0 Å². The summed E-state index contributed by atoms with van der Waals surface area (Å²) >= 11 is 11.0. The average Bonchev–Trinajstić information content (AvgIpc) is 1.93. The van der Waals surface area contributed by atoms with Gasteiger partial charge in [-0.2, -0.15) is 0 Å². The highest BCUT2D eigenvalue weighted by Crippen LogP contribution is 2.28. The highest BCUT2D eigenvalue weighted by atomic mass is 127. The number of nitrogens with zero attached hydrogens (tertiary/aromatic N) is 1. The first-order valence-corrected chi connectivity index (χ1v) is 4.63. The Bertz CT molecular complexity index is 239. The second-order valence-corrected chi connectivity index (χ2v) is 3.86. The Morgan fingerprint density at radius 1 is 1.70 bits per heavy atom. The van der Waals surface area contributed by atoms with Crippen molar-refractivity contribution in [3.63, 3.8) is 0 Å². The maximum atomic E-state index is 5.67. The Morgan fingerprint density at radius 3 is 2.80 bits per heavy atom. The van der Waals surface area contributed by atoms with Gasteiger partial charge in [-0.05, 0) is 38.5 Å². The molecule has 1 aromatic heterocycles. The van der Waals surface area contributed by atoms with E-state index in [0.29, 0.717) is 10.7 Å². The molecule has 2 nitrogen and oxygen atoms in total. The molecule has 1 heterocycles. The Balaban J connectivity index is 3.34. The number of aromatic nitrogens is 1. The summed E-state index contributed by atoms with van der Waals surface area (Å²) in [7, 11) is 0. The molecule has 0 atom stereocenters. The monoisotopic (exact) mass is 332 g/mol. The molecule has 0 aliphatic carbocycles. The summed E-state index contributed by atoms with van der Waals surface area (Å²) in [6.45, 7) is 0. The van der Waals surface area contributed by atoms with Crippen molar-refractivity contribution in [2.45, 2.75) is 0 Å². The molecule has 0 unspecified atom stereocenters. The fraction of sp³-hybridized carbons (Fsp3) is 0. The summed E-state index contributed by atoms with van der Waals surface area (Å²) in [4.78, 5) is 3.94. The second kappa shape index (κ2) is 3.23. The van der Waals surface area contributed by atoms with E-state index in [9.17, 15) is 0 Å². The second-order valence-electron chi connectivity index (χ2n) is 1.62. The van der Waals surface area contributed by atoms with Gasteiger partial charge in [-0.3, -0.25) is 0 Å². The predicted octanol–water partition coefficient (Wildman–Crippen LogP) is 2.68. The van der Waals surface area contributed by atoms with Crippen molar-refractivity contribution >= 4 is 55.8 Å². The predicted molar refractivity (Wildman–Crippen MR) is 54.1 cm³/mol. The number of anilines is 1. The molecule has 2 N–H and O–H groups in total. The van der Waals surface area contributed by atoms with E-state index in [1.54, 1.807) is 0 Å². The molecule has 10 heavy (non-hydrogen) atoms. The summed E-state index contributed by atoms with van der Waals surface area (Å²) in [5.74, 6) is 0. The third kappa shape index (κ3) is 1.54. The van der Waals surface area contributed by atoms with Crippen molar-refractivity contribution in [3.8, 4) is 0 Å². The molecule has 0 radical (unpaired) electrons. The number of rotatable bonds is 0. The van der Waals surface area contributed by atoms with Crippen LogP contribution in [0.2, 0.25) is 5.02 Å². The first-order valence-electron chi connectivity index (χ1n) is 2.38. The largest absolute Gasteiger partial charge is 0.397 e. The SMILES string of the molecule is Nc1c(Cl)cnc(Br)c1I. The lowest BCUT2D eigenvalue weighted by Gasteiger charge is -2.00. The zero-order valence-corrected chi connectivity index (χ0v) is 9.24. The molecule has 54 valence electrons. The van der Waals surface area contributed by atoms with Crippen molar-refractivity contribution in [1.82, 2.24) is 4.98 Å². The summed E-state index contributed by atoms with van der Waals surface area (Å²) in [5.41, 5.74) is 6.15. The molecule has 0 amide bonds. The van der Waals surface area contributed by atoms with Gasteiger partial charge in [0.2, 0.25) is 0 Å². The van der Waals surface area contributed by atoms with E-state index in [1.807, 2.05) is 0 Å². The van der Waals surface area contributed by atoms with Gasteiger partial charge < -0.3 is 5.73 Å². The summed E-state index contributed by atoms with van der Waals surface area (Å²) in [6.07, 6.45) is 1.52. The minimum atomic E-state index is 0.493. The third-order valence-electron chi connectivity index (χ3n) is 0.966. The Labute approximate surface area is 85.4 Å². The van der Waals surface area contributed by atoms with E-state index in [1.165, 1.54) is 6.20 Å². The maximum Gasteiger partial charge on any atom is 0.121 e. The van der Waals surface area contributed by atoms with Crippen LogP contribution in [0.25, 0.3) is 0 Å². The fourth-order valence-electron chi connectivity index (χ4n) is 0.456. The van der Waals surface area contributed by atoms with Gasteiger partial charge in [0.05, 0.1) is 14.3 Å². The topological polar surface area (TPSA) is 38.9 Å². The van der Waals surface area contributed by atoms with Crippen LogP contribution in [0.3, 0.4) is 0 Å². The van der Waals surface area contributed by atoms with Gasteiger partial charge >= 0.3 is 0 Å². The zero-order valence-electron chi connectivity index (χ0n) is 4.74. The number of nitrogens with two attached hydrogens (primary N) is 1. The van der Waals surface area contributed by atoms with E-state index in [2.05, 4.69) is 43.5 Å². The number of halogens is 3. The first kappa shape index (κ1) is 8.55. The van der Waals surface area contributed by atoms with Crippen molar-refractivity contribution in [2.75, 3.05) is 5.73 Å². The molecule has 5 heteroatoms. The smallest absolute Gasteiger partial charge is 0.121 e. The molecule has 0 saturated carbocycles. The highest BCUT2D eigenvalue weighted by Gasteiger charge is 2.04. The summed E-state index contributed by atoms with van der Waals surface area (Å²) in [6, 6.07) is 0. The van der Waals surface area contributed by atoms with E-state index in [-0.39, 0.29) is 0 Å². The quantitative estimate of drug-likeness (QED) is 0.586. The van der Waals surface area contributed by atoms with E-state index >= 15 is 0 Å². The van der Waals surface area contributed by atoms with Crippen molar-refractivity contribution in [1.29, 1.82) is 0 Å². The van der Waals surface area contributed by atoms with Gasteiger partial charge in [0, 0.05) is 6.20 Å². The molecule has 0 spiro atoms. The molecule has 0 bridgehead atoms. The minimum Gasteiger partial charge on any atom is -0.397 e. The number of pyridine rings is 1. The molecule has 0 aromatic carbocycles. The van der Waals surface area contributed by atoms with E-state index < -0.39 is 0 Å². The Hall–Kier alpha value is 0.450. The lowest BCUT2D eigenvalue weighted by molar-refractivity contribution is 1.26. The average molecular weight is 333 g/mol. The van der Waals surface area contributed by atoms with Gasteiger partial charge in [-0.1, -0.05) is 11.6 Å². The summed E-state index contributed by atoms with van der Waals surface area (Å²) in [5, 5.41) is 0.493. The van der Waals surface area contributed by atoms with E-state index in [0.717, 1.165) is 8.17 Å². The molecule has 1 rings (SSSR count). The lowest BCUT2D eigenvalue weighted by Crippen LogP contribution is -1.93. The van der Waals surface area contributed by atoms with Crippen LogP contribution >= 0.6 is 50.1 Å². The molecule has 1 aromatic rings. The lowest BCUT2D eigenvalue weighted by atomic mass is 10.4. The molecule has 0 fully saturated rings. The Kier molecular flexibility index (Phi) is 2.76. The number of hydrogen-bond donors (Lipinski definition) is 1. The van der Waals surface area contributed by atoms with Crippen molar-refractivity contribution < 1.29 is 0 Å². The van der Waals surface area contributed by atoms with Crippen LogP contribution in [0.15, 0.2) is 10.8 Å². The van der Waals surface area contributed by atoms with Crippen LogP contribution in [-0.2, 0) is 0 Å². The molecular weight excluding hydrogens is 330 g/mol. The van der Waals surface area contributed by atoms with Crippen LogP contribution in [0, 0.1) is 3.57 Å². The van der Waals surface area contributed by atoms with Crippen LogP contribution in [0.5, 0.6) is 0 Å². The third-order valence-corrected chi connectivity index (χ3v) is 3.70. The van der Waals surface area contributed by atoms with Crippen LogP contribution in [-0.4, -0.2) is 4.98 Å². The summed E-state index contributed by atoms with van der Waals surface area (Å²) < 4.78 is 1.58. The van der Waals surface area contributed by atoms with Crippen molar-refractivity contribution in [2.24, 2.45) is 0 Å². The van der Waals surface area contributed by atoms with Gasteiger partial charge in [-0.15, -0.1) is 0 Å². The molecule has 0 aliphatic rings. The van der Waals surface area contributed by atoms with Crippen LogP contribution < -0.4 is 5.73 Å². The van der Waals surface area contributed by atoms with Gasteiger partial charge in [0.1, 0.15) is 4.60 Å². The molecule has 0 saturated heterocycles. The minimum absolute atomic E-state index is 0.493. The van der Waals surface area contributed by atoms with Gasteiger partial charge in [-0.25, -0.2) is 4.98 Å². The standard InChI is InChI=1S/C5H3BrClIN2/c6-5-3(8)4(9)2(7)1-10-5/h1H,(H2,9,10). The van der Waals surface area contributed by atoms with Crippen LogP contribution in [0.4, 0.5) is 5.69 Å². The maximum absolute atomic E-state index is 5.67. The van der Waals surface area contributed by atoms with Gasteiger partial charge in [0.25, 0.3) is 0 Å². The highest BCUT2D eigenvalue weighted by molar-refractivity contribution is 14.1. The number of nitrogen functional groups attached to an aromatic ring is 1. The van der Waals surface area contributed by atoms with Crippen molar-refractivity contribution in [3.05, 3.63) is 19.4 Å². The molecule has 0 aliphatic heterocycles.